The summed E-state index contributed by atoms with van der Waals surface area (Å²) >= 11 is 0. The molecule has 0 aromatic heterocycles. The molecule has 1 fully saturated rings. The van der Waals surface area contributed by atoms with Crippen LogP contribution in [0.5, 0.6) is 0 Å². The first-order valence-corrected chi connectivity index (χ1v) is 7.37. The van der Waals surface area contributed by atoms with Gasteiger partial charge in [-0.05, 0) is 43.2 Å². The van der Waals surface area contributed by atoms with Gasteiger partial charge in [-0.1, -0.05) is 30.7 Å². The van der Waals surface area contributed by atoms with Crippen molar-refractivity contribution in [2.24, 2.45) is 5.92 Å². The summed E-state index contributed by atoms with van der Waals surface area (Å²) in [4.78, 5) is 12.4. The molecule has 2 aliphatic rings. The summed E-state index contributed by atoms with van der Waals surface area (Å²) in [6.07, 6.45) is 4.85. The minimum absolute atomic E-state index is 0.131. The van der Waals surface area contributed by atoms with Crippen molar-refractivity contribution in [1.29, 1.82) is 0 Å². The van der Waals surface area contributed by atoms with E-state index in [1.807, 2.05) is 6.07 Å². The van der Waals surface area contributed by atoms with E-state index in [9.17, 15) is 4.79 Å². The third kappa shape index (κ3) is 2.52. The van der Waals surface area contributed by atoms with Gasteiger partial charge in [-0.15, -0.1) is 0 Å². The largest absolute Gasteiger partial charge is 0.352 e. The highest BCUT2D eigenvalue weighted by molar-refractivity contribution is 5.84. The Morgan fingerprint density at radius 1 is 1.37 bits per heavy atom. The second-order valence-corrected chi connectivity index (χ2v) is 5.82. The lowest BCUT2D eigenvalue weighted by Gasteiger charge is -2.34. The maximum atomic E-state index is 12.4. The number of rotatable bonds is 3. The zero-order valence-corrected chi connectivity index (χ0v) is 11.5. The molecule has 0 bridgehead atoms. The van der Waals surface area contributed by atoms with E-state index in [4.69, 9.17) is 0 Å². The van der Waals surface area contributed by atoms with Crippen molar-refractivity contribution in [3.05, 3.63) is 35.4 Å². The van der Waals surface area contributed by atoms with Gasteiger partial charge in [-0.2, -0.15) is 0 Å². The lowest BCUT2D eigenvalue weighted by atomic mass is 9.80. The Morgan fingerprint density at radius 2 is 2.16 bits per heavy atom. The van der Waals surface area contributed by atoms with E-state index in [0.717, 1.165) is 18.5 Å². The molecular weight excluding hydrogens is 236 g/mol. The van der Waals surface area contributed by atoms with Crippen molar-refractivity contribution < 1.29 is 4.79 Å². The Morgan fingerprint density at radius 3 is 2.89 bits per heavy atom. The van der Waals surface area contributed by atoms with Crippen LogP contribution in [0.25, 0.3) is 0 Å². The van der Waals surface area contributed by atoms with Gasteiger partial charge in [-0.25, -0.2) is 0 Å². The Labute approximate surface area is 114 Å². The predicted octanol–water partition coefficient (Wildman–Crippen LogP) is 2.18. The van der Waals surface area contributed by atoms with Crippen molar-refractivity contribution in [2.45, 2.75) is 44.7 Å². The van der Waals surface area contributed by atoms with Crippen LogP contribution in [0, 0.1) is 5.92 Å². The summed E-state index contributed by atoms with van der Waals surface area (Å²) in [5.41, 5.74) is 2.45. The van der Waals surface area contributed by atoms with E-state index in [1.54, 1.807) is 0 Å². The summed E-state index contributed by atoms with van der Waals surface area (Å²) in [6, 6.07) is 8.40. The number of fused-ring (bicyclic) bond motifs is 1. The number of hydrogen-bond donors (Lipinski definition) is 2. The summed E-state index contributed by atoms with van der Waals surface area (Å²) in [5, 5.41) is 6.53. The molecule has 3 nitrogen and oxygen atoms in total. The van der Waals surface area contributed by atoms with Gasteiger partial charge in [0.05, 0.1) is 0 Å². The molecule has 2 unspecified atom stereocenters. The number of benzene rings is 1. The molecule has 1 aromatic rings. The summed E-state index contributed by atoms with van der Waals surface area (Å²) in [6.45, 7) is 3.02. The molecule has 1 aliphatic heterocycles. The second-order valence-electron chi connectivity index (χ2n) is 5.82. The molecule has 1 saturated carbocycles. The SMILES string of the molecule is CC(NC(=O)C1NCCc2ccccc21)C1CCC1. The molecular formula is C16H22N2O. The average molecular weight is 258 g/mol. The third-order valence-corrected chi connectivity index (χ3v) is 4.60. The van der Waals surface area contributed by atoms with E-state index in [2.05, 4.69) is 35.8 Å². The first-order chi connectivity index (χ1) is 9.25. The molecule has 0 saturated heterocycles. The van der Waals surface area contributed by atoms with Gasteiger partial charge in [0.25, 0.3) is 0 Å². The van der Waals surface area contributed by atoms with Crippen LogP contribution in [-0.2, 0) is 11.2 Å². The smallest absolute Gasteiger partial charge is 0.241 e. The molecule has 1 aromatic carbocycles. The summed E-state index contributed by atoms with van der Waals surface area (Å²) < 4.78 is 0. The van der Waals surface area contributed by atoms with Gasteiger partial charge in [-0.3, -0.25) is 4.79 Å². The van der Waals surface area contributed by atoms with Crippen LogP contribution in [-0.4, -0.2) is 18.5 Å². The maximum Gasteiger partial charge on any atom is 0.241 e. The van der Waals surface area contributed by atoms with Gasteiger partial charge < -0.3 is 10.6 Å². The van der Waals surface area contributed by atoms with Gasteiger partial charge in [0.2, 0.25) is 5.91 Å². The number of nitrogens with one attached hydrogen (secondary N) is 2. The number of hydrogen-bond acceptors (Lipinski definition) is 2. The molecule has 0 spiro atoms. The van der Waals surface area contributed by atoms with E-state index in [1.165, 1.54) is 24.8 Å². The van der Waals surface area contributed by atoms with E-state index in [-0.39, 0.29) is 11.9 Å². The van der Waals surface area contributed by atoms with Gasteiger partial charge in [0, 0.05) is 12.6 Å². The van der Waals surface area contributed by atoms with Gasteiger partial charge in [0.1, 0.15) is 6.04 Å². The van der Waals surface area contributed by atoms with E-state index in [0.29, 0.717) is 12.0 Å². The Balaban J connectivity index is 1.70. The fourth-order valence-electron chi connectivity index (χ4n) is 3.10. The lowest BCUT2D eigenvalue weighted by Crippen LogP contribution is -2.47. The van der Waals surface area contributed by atoms with Crippen LogP contribution in [0.4, 0.5) is 0 Å². The molecule has 1 amide bonds. The Kier molecular flexibility index (Phi) is 3.56. The lowest BCUT2D eigenvalue weighted by molar-refractivity contribution is -0.124. The average Bonchev–Trinajstić information content (AvgIpc) is 2.35. The van der Waals surface area contributed by atoms with Crippen LogP contribution < -0.4 is 10.6 Å². The fraction of sp³-hybridized carbons (Fsp3) is 0.562. The van der Waals surface area contributed by atoms with Crippen LogP contribution in [0.2, 0.25) is 0 Å². The van der Waals surface area contributed by atoms with Crippen LogP contribution in [0.1, 0.15) is 43.4 Å². The highest BCUT2D eigenvalue weighted by atomic mass is 16.2. The van der Waals surface area contributed by atoms with E-state index < -0.39 is 0 Å². The number of carbonyl (C=O) groups is 1. The number of amides is 1. The van der Waals surface area contributed by atoms with Gasteiger partial charge in [0.15, 0.2) is 0 Å². The Bertz CT molecular complexity index is 468. The third-order valence-electron chi connectivity index (χ3n) is 4.60. The quantitative estimate of drug-likeness (QED) is 0.872. The van der Waals surface area contributed by atoms with Crippen LogP contribution >= 0.6 is 0 Å². The van der Waals surface area contributed by atoms with E-state index >= 15 is 0 Å². The predicted molar refractivity (Wildman–Crippen MR) is 75.8 cm³/mol. The monoisotopic (exact) mass is 258 g/mol. The zero-order chi connectivity index (χ0) is 13.2. The fourth-order valence-corrected chi connectivity index (χ4v) is 3.10. The molecule has 19 heavy (non-hydrogen) atoms. The van der Waals surface area contributed by atoms with Crippen LogP contribution in [0.3, 0.4) is 0 Å². The molecule has 1 heterocycles. The highest BCUT2D eigenvalue weighted by Crippen LogP contribution is 2.30. The molecule has 3 rings (SSSR count). The minimum atomic E-state index is -0.174. The molecule has 102 valence electrons. The van der Waals surface area contributed by atoms with Crippen molar-refractivity contribution in [1.82, 2.24) is 10.6 Å². The summed E-state index contributed by atoms with van der Waals surface area (Å²) in [7, 11) is 0. The second kappa shape index (κ2) is 5.33. The first kappa shape index (κ1) is 12.7. The molecule has 0 radical (unpaired) electrons. The molecule has 2 atom stereocenters. The minimum Gasteiger partial charge on any atom is -0.352 e. The summed E-state index contributed by atoms with van der Waals surface area (Å²) in [5.74, 6) is 0.814. The standard InChI is InChI=1S/C16H22N2O/c1-11(12-6-4-7-12)18-16(19)15-14-8-3-2-5-13(14)9-10-17-15/h2-3,5,8,11-12,15,17H,4,6-7,9-10H2,1H3,(H,18,19). The van der Waals surface area contributed by atoms with Crippen LogP contribution in [0.15, 0.2) is 24.3 Å². The Hall–Kier alpha value is -1.35. The molecule has 1 aliphatic carbocycles. The van der Waals surface area contributed by atoms with Crippen molar-refractivity contribution in [3.8, 4) is 0 Å². The number of carbonyl (C=O) groups excluding carboxylic acids is 1. The van der Waals surface area contributed by atoms with Crippen molar-refractivity contribution in [2.75, 3.05) is 6.54 Å². The highest BCUT2D eigenvalue weighted by Gasteiger charge is 2.30. The normalized spacial score (nSPS) is 24.2. The molecule has 3 heteroatoms. The maximum absolute atomic E-state index is 12.4. The molecule has 2 N–H and O–H groups in total. The first-order valence-electron chi connectivity index (χ1n) is 7.37. The van der Waals surface area contributed by atoms with Gasteiger partial charge >= 0.3 is 0 Å². The van der Waals surface area contributed by atoms with Crippen molar-refractivity contribution in [3.63, 3.8) is 0 Å². The van der Waals surface area contributed by atoms with Crippen molar-refractivity contribution >= 4 is 5.91 Å². The topological polar surface area (TPSA) is 41.1 Å². The zero-order valence-electron chi connectivity index (χ0n) is 11.5.